The van der Waals surface area contributed by atoms with Gasteiger partial charge in [-0.15, -0.1) is 0 Å². The van der Waals surface area contributed by atoms with Crippen molar-refractivity contribution in [2.75, 3.05) is 18.4 Å². The van der Waals surface area contributed by atoms with E-state index in [9.17, 15) is 9.59 Å². The van der Waals surface area contributed by atoms with Crippen LogP contribution in [0.1, 0.15) is 26.6 Å². The number of halogens is 2. The number of hydrogen-bond donors (Lipinski definition) is 2. The van der Waals surface area contributed by atoms with Gasteiger partial charge >= 0.3 is 5.69 Å². The van der Waals surface area contributed by atoms with Crippen LogP contribution in [0.15, 0.2) is 16.9 Å². The largest absolute Gasteiger partial charge is 0.375 e. The Morgan fingerprint density at radius 1 is 1.27 bits per heavy atom. The molecule has 0 bridgehead atoms. The molecule has 2 aromatic rings. The van der Waals surface area contributed by atoms with Crippen LogP contribution in [0.4, 0.5) is 5.69 Å². The average Bonchev–Trinajstić information content (AvgIpc) is 2.86. The van der Waals surface area contributed by atoms with Gasteiger partial charge in [-0.2, -0.15) is 9.78 Å². The molecule has 0 aliphatic heterocycles. The lowest BCUT2D eigenvalue weighted by Crippen LogP contribution is -2.32. The molecule has 0 spiro atoms. The van der Waals surface area contributed by atoms with Crippen molar-refractivity contribution in [3.63, 3.8) is 0 Å². The summed E-state index contributed by atoms with van der Waals surface area (Å²) >= 11 is 12.5. The highest BCUT2D eigenvalue weighted by Crippen LogP contribution is 2.30. The van der Waals surface area contributed by atoms with Gasteiger partial charge in [-0.3, -0.25) is 9.36 Å². The quantitative estimate of drug-likeness (QED) is 0.749. The molecule has 0 aliphatic carbocycles. The van der Waals surface area contributed by atoms with E-state index < -0.39 is 0 Å². The second-order valence-electron chi connectivity index (χ2n) is 6.32. The number of rotatable bonds is 7. The van der Waals surface area contributed by atoms with E-state index in [1.165, 1.54) is 15.3 Å². The van der Waals surface area contributed by atoms with Crippen molar-refractivity contribution in [1.82, 2.24) is 19.7 Å². The summed E-state index contributed by atoms with van der Waals surface area (Å²) in [6.45, 7) is 8.83. The van der Waals surface area contributed by atoms with Crippen LogP contribution in [-0.2, 0) is 11.3 Å². The standard InChI is InChI=1S/C17H23Cl2N5O2/c1-5-23-11(4)22-24(17(23)26)15-7-14(12(18)6-13(15)19)20-9-16(25)21-8-10(2)3/h6-7,10,20H,5,8-9H2,1-4H3,(H,21,25). The van der Waals surface area contributed by atoms with Gasteiger partial charge in [0.25, 0.3) is 0 Å². The van der Waals surface area contributed by atoms with Crippen molar-refractivity contribution in [3.8, 4) is 5.69 Å². The third kappa shape index (κ3) is 4.59. The summed E-state index contributed by atoms with van der Waals surface area (Å²) < 4.78 is 2.78. The maximum Gasteiger partial charge on any atom is 0.350 e. The smallest absolute Gasteiger partial charge is 0.350 e. The number of nitrogens with one attached hydrogen (secondary N) is 2. The molecule has 1 amide bonds. The van der Waals surface area contributed by atoms with Crippen molar-refractivity contribution in [1.29, 1.82) is 0 Å². The minimum Gasteiger partial charge on any atom is -0.375 e. The van der Waals surface area contributed by atoms with Gasteiger partial charge in [0.05, 0.1) is 28.0 Å². The Kier molecular flexibility index (Phi) is 6.72. The first-order valence-electron chi connectivity index (χ1n) is 8.41. The molecule has 2 rings (SSSR count). The molecule has 1 aromatic carbocycles. The van der Waals surface area contributed by atoms with Crippen LogP contribution in [0.3, 0.4) is 0 Å². The number of amides is 1. The van der Waals surface area contributed by atoms with Gasteiger partial charge in [0.15, 0.2) is 0 Å². The number of hydrogen-bond acceptors (Lipinski definition) is 4. The summed E-state index contributed by atoms with van der Waals surface area (Å²) in [5.41, 5.74) is 0.623. The van der Waals surface area contributed by atoms with Crippen LogP contribution >= 0.6 is 23.2 Å². The number of carbonyl (C=O) groups excluding carboxylic acids is 1. The minimum atomic E-state index is -0.283. The van der Waals surface area contributed by atoms with Gasteiger partial charge in [0.2, 0.25) is 5.91 Å². The molecule has 0 saturated carbocycles. The second-order valence-corrected chi connectivity index (χ2v) is 7.14. The molecule has 142 valence electrons. The van der Waals surface area contributed by atoms with Crippen molar-refractivity contribution in [2.24, 2.45) is 5.92 Å². The Labute approximate surface area is 162 Å². The van der Waals surface area contributed by atoms with Crippen LogP contribution < -0.4 is 16.3 Å². The summed E-state index contributed by atoms with van der Waals surface area (Å²) in [6, 6.07) is 3.15. The molecule has 0 saturated heterocycles. The third-order valence-electron chi connectivity index (χ3n) is 3.78. The SMILES string of the molecule is CCn1c(C)nn(-c2cc(NCC(=O)NCC(C)C)c(Cl)cc2Cl)c1=O. The zero-order valence-electron chi connectivity index (χ0n) is 15.3. The Hall–Kier alpha value is -1.99. The van der Waals surface area contributed by atoms with E-state index in [1.807, 2.05) is 20.8 Å². The lowest BCUT2D eigenvalue weighted by atomic mass is 10.2. The molecule has 0 aliphatic rings. The second kappa shape index (κ2) is 8.60. The number of benzene rings is 1. The monoisotopic (exact) mass is 399 g/mol. The van der Waals surface area contributed by atoms with Crippen LogP contribution in [0.25, 0.3) is 5.69 Å². The zero-order valence-corrected chi connectivity index (χ0v) is 16.8. The van der Waals surface area contributed by atoms with Gasteiger partial charge in [0, 0.05) is 13.1 Å². The highest BCUT2D eigenvalue weighted by Gasteiger charge is 2.16. The Bertz CT molecular complexity index is 858. The predicted molar refractivity (Wildman–Crippen MR) is 105 cm³/mol. The summed E-state index contributed by atoms with van der Waals surface area (Å²) in [6.07, 6.45) is 0. The van der Waals surface area contributed by atoms with Gasteiger partial charge < -0.3 is 10.6 Å². The molecule has 0 unspecified atom stereocenters. The zero-order chi connectivity index (χ0) is 19.4. The summed E-state index contributed by atoms with van der Waals surface area (Å²) in [7, 11) is 0. The summed E-state index contributed by atoms with van der Waals surface area (Å²) in [4.78, 5) is 24.4. The fourth-order valence-electron chi connectivity index (χ4n) is 2.41. The molecule has 0 fully saturated rings. The molecule has 2 N–H and O–H groups in total. The maximum atomic E-state index is 12.5. The van der Waals surface area contributed by atoms with E-state index in [0.29, 0.717) is 46.3 Å². The van der Waals surface area contributed by atoms with Crippen LogP contribution in [-0.4, -0.2) is 33.3 Å². The fourth-order valence-corrected chi connectivity index (χ4v) is 2.94. The predicted octanol–water partition coefficient (Wildman–Crippen LogP) is 2.85. The Morgan fingerprint density at radius 2 is 1.96 bits per heavy atom. The average molecular weight is 400 g/mol. The van der Waals surface area contributed by atoms with E-state index in [-0.39, 0.29) is 18.1 Å². The topological polar surface area (TPSA) is 81.0 Å². The highest BCUT2D eigenvalue weighted by molar-refractivity contribution is 6.37. The molecule has 9 heteroatoms. The van der Waals surface area contributed by atoms with E-state index in [1.54, 1.807) is 13.0 Å². The lowest BCUT2D eigenvalue weighted by Gasteiger charge is -2.12. The van der Waals surface area contributed by atoms with E-state index >= 15 is 0 Å². The molecule has 7 nitrogen and oxygen atoms in total. The van der Waals surface area contributed by atoms with Gasteiger partial charge in [0.1, 0.15) is 5.82 Å². The molecule has 26 heavy (non-hydrogen) atoms. The number of anilines is 1. The van der Waals surface area contributed by atoms with Gasteiger partial charge in [-0.1, -0.05) is 37.0 Å². The van der Waals surface area contributed by atoms with Gasteiger partial charge in [-0.05, 0) is 31.9 Å². The van der Waals surface area contributed by atoms with Crippen molar-refractivity contribution in [2.45, 2.75) is 34.2 Å². The first-order chi connectivity index (χ1) is 12.2. The molecule has 0 atom stereocenters. The molecular formula is C17H23Cl2N5O2. The fraction of sp³-hybridized carbons (Fsp3) is 0.471. The highest BCUT2D eigenvalue weighted by atomic mass is 35.5. The van der Waals surface area contributed by atoms with E-state index in [4.69, 9.17) is 23.2 Å². The van der Waals surface area contributed by atoms with Crippen molar-refractivity contribution >= 4 is 34.8 Å². The number of aromatic nitrogens is 3. The normalized spacial score (nSPS) is 11.0. The third-order valence-corrected chi connectivity index (χ3v) is 4.39. The Morgan fingerprint density at radius 3 is 2.54 bits per heavy atom. The van der Waals surface area contributed by atoms with E-state index in [0.717, 1.165) is 0 Å². The van der Waals surface area contributed by atoms with Crippen LogP contribution in [0.2, 0.25) is 10.0 Å². The summed E-state index contributed by atoms with van der Waals surface area (Å²) in [5, 5.41) is 10.7. The van der Waals surface area contributed by atoms with Gasteiger partial charge in [-0.25, -0.2) is 4.79 Å². The number of carbonyl (C=O) groups is 1. The first-order valence-corrected chi connectivity index (χ1v) is 9.16. The molecule has 0 radical (unpaired) electrons. The lowest BCUT2D eigenvalue weighted by molar-refractivity contribution is -0.119. The van der Waals surface area contributed by atoms with Crippen LogP contribution in [0, 0.1) is 12.8 Å². The van der Waals surface area contributed by atoms with Crippen molar-refractivity contribution < 1.29 is 4.79 Å². The first kappa shape index (κ1) is 20.3. The van der Waals surface area contributed by atoms with E-state index in [2.05, 4.69) is 15.7 Å². The van der Waals surface area contributed by atoms with Crippen molar-refractivity contribution in [3.05, 3.63) is 38.5 Å². The molecule has 1 aromatic heterocycles. The number of nitrogens with zero attached hydrogens (tertiary/aromatic N) is 3. The number of aryl methyl sites for hydroxylation is 1. The maximum absolute atomic E-state index is 12.5. The summed E-state index contributed by atoms with van der Waals surface area (Å²) in [5.74, 6) is 0.814. The minimum absolute atomic E-state index is 0.0604. The Balaban J connectivity index is 2.27. The van der Waals surface area contributed by atoms with Crippen LogP contribution in [0.5, 0.6) is 0 Å². The molecular weight excluding hydrogens is 377 g/mol. The molecule has 1 heterocycles.